The van der Waals surface area contributed by atoms with Gasteiger partial charge in [-0.3, -0.25) is 19.2 Å². The Morgan fingerprint density at radius 3 is 2.22 bits per heavy atom. The van der Waals surface area contributed by atoms with Gasteiger partial charge in [-0.25, -0.2) is 4.79 Å². The summed E-state index contributed by atoms with van der Waals surface area (Å²) >= 11 is 1.54. The molecule has 0 radical (unpaired) electrons. The first kappa shape index (κ1) is 24.7. The van der Waals surface area contributed by atoms with Gasteiger partial charge >= 0.3 is 5.97 Å². The molecule has 0 aliphatic rings. The molecule has 12 heteroatoms. The summed E-state index contributed by atoms with van der Waals surface area (Å²) in [5.74, 6) is -3.17. The Hall–Kier alpha value is -2.34. The van der Waals surface area contributed by atoms with Crippen LogP contribution >= 0.6 is 11.8 Å². The number of amides is 4. The van der Waals surface area contributed by atoms with Crippen LogP contribution in [0.25, 0.3) is 0 Å². The Balaban J connectivity index is 4.37. The number of hydrogen-bond donors (Lipinski definition) is 6. The molecular weight excluding hydrogens is 378 g/mol. The molecule has 11 nitrogen and oxygen atoms in total. The van der Waals surface area contributed by atoms with E-state index in [0.717, 1.165) is 0 Å². The molecule has 3 unspecified atom stereocenters. The molecule has 0 saturated carbocycles. The quantitative estimate of drug-likeness (QED) is 0.194. The number of carboxylic acid groups (broad SMARTS) is 1. The Bertz CT molecular complexity index is 559. The van der Waals surface area contributed by atoms with E-state index >= 15 is 0 Å². The maximum atomic E-state index is 11.9. The van der Waals surface area contributed by atoms with Gasteiger partial charge in [0.15, 0.2) is 0 Å². The molecule has 0 aromatic rings. The zero-order valence-electron chi connectivity index (χ0n) is 15.3. The van der Waals surface area contributed by atoms with Gasteiger partial charge in [0, 0.05) is 6.42 Å². The van der Waals surface area contributed by atoms with Gasteiger partial charge in [-0.1, -0.05) is 0 Å². The van der Waals surface area contributed by atoms with E-state index in [1.807, 2.05) is 6.26 Å². The highest BCUT2D eigenvalue weighted by Gasteiger charge is 2.22. The summed E-state index contributed by atoms with van der Waals surface area (Å²) in [5.41, 5.74) is 10.6. The summed E-state index contributed by atoms with van der Waals surface area (Å²) < 4.78 is 0. The lowest BCUT2D eigenvalue weighted by molar-refractivity contribution is -0.142. The molecule has 4 amide bonds. The average Bonchev–Trinajstić information content (AvgIpc) is 2.60. The topological polar surface area (TPSA) is 194 Å². The van der Waals surface area contributed by atoms with E-state index in [1.54, 1.807) is 11.8 Å². The van der Waals surface area contributed by atoms with Crippen molar-refractivity contribution in [3.8, 4) is 0 Å². The lowest BCUT2D eigenvalue weighted by atomic mass is 10.1. The van der Waals surface area contributed by atoms with Gasteiger partial charge < -0.3 is 32.5 Å². The summed E-state index contributed by atoms with van der Waals surface area (Å²) in [7, 11) is 0. The van der Waals surface area contributed by atoms with Crippen LogP contribution in [-0.4, -0.2) is 71.4 Å². The number of nitrogens with two attached hydrogens (primary N) is 2. The van der Waals surface area contributed by atoms with Gasteiger partial charge in [-0.05, 0) is 31.8 Å². The molecule has 0 bridgehead atoms. The van der Waals surface area contributed by atoms with Crippen molar-refractivity contribution in [1.29, 1.82) is 0 Å². The predicted octanol–water partition coefficient (Wildman–Crippen LogP) is -2.48. The minimum Gasteiger partial charge on any atom is -0.480 e. The number of carboxylic acids is 1. The zero-order valence-corrected chi connectivity index (χ0v) is 16.1. The second-order valence-corrected chi connectivity index (χ2v) is 6.78. The van der Waals surface area contributed by atoms with Crippen LogP contribution in [0.1, 0.15) is 26.2 Å². The Morgan fingerprint density at radius 2 is 1.70 bits per heavy atom. The van der Waals surface area contributed by atoms with Gasteiger partial charge in [0.25, 0.3) is 0 Å². The van der Waals surface area contributed by atoms with E-state index in [1.165, 1.54) is 6.92 Å². The molecule has 8 N–H and O–H groups in total. The summed E-state index contributed by atoms with van der Waals surface area (Å²) in [6.07, 6.45) is 1.98. The molecule has 3 atom stereocenters. The minimum absolute atomic E-state index is 0.162. The minimum atomic E-state index is -1.32. The number of nitrogens with one attached hydrogen (secondary N) is 3. The first-order valence-electron chi connectivity index (χ1n) is 8.21. The molecule has 0 heterocycles. The highest BCUT2D eigenvalue weighted by Crippen LogP contribution is 1.99. The van der Waals surface area contributed by atoms with Gasteiger partial charge in [0.1, 0.15) is 12.1 Å². The molecule has 0 aromatic heterocycles. The van der Waals surface area contributed by atoms with Crippen molar-refractivity contribution in [3.05, 3.63) is 0 Å². The van der Waals surface area contributed by atoms with Gasteiger partial charge in [-0.2, -0.15) is 11.8 Å². The van der Waals surface area contributed by atoms with E-state index in [0.29, 0.717) is 12.2 Å². The molecule has 0 saturated heterocycles. The smallest absolute Gasteiger partial charge is 0.326 e. The number of carbonyl (C=O) groups excluding carboxylic acids is 4. The van der Waals surface area contributed by atoms with Gasteiger partial charge in [0.05, 0.1) is 12.6 Å². The molecule has 0 aliphatic carbocycles. The van der Waals surface area contributed by atoms with Crippen LogP contribution in [-0.2, 0) is 24.0 Å². The molecule has 0 spiro atoms. The van der Waals surface area contributed by atoms with E-state index in [9.17, 15) is 24.0 Å². The first-order valence-corrected chi connectivity index (χ1v) is 9.60. The summed E-state index contributed by atoms with van der Waals surface area (Å²) in [6.45, 7) is 0.942. The second-order valence-electron chi connectivity index (χ2n) is 5.80. The lowest BCUT2D eigenvalue weighted by Gasteiger charge is -2.18. The third-order valence-electron chi connectivity index (χ3n) is 3.46. The van der Waals surface area contributed by atoms with Gasteiger partial charge in [-0.15, -0.1) is 0 Å². The van der Waals surface area contributed by atoms with Gasteiger partial charge in [0.2, 0.25) is 23.6 Å². The summed E-state index contributed by atoms with van der Waals surface area (Å²) in [5, 5.41) is 15.9. The predicted molar refractivity (Wildman–Crippen MR) is 99.6 cm³/mol. The zero-order chi connectivity index (χ0) is 21.0. The largest absolute Gasteiger partial charge is 0.480 e. The number of carbonyl (C=O) groups is 5. The molecule has 0 fully saturated rings. The van der Waals surface area contributed by atoms with Crippen molar-refractivity contribution in [2.24, 2.45) is 11.5 Å². The Kier molecular flexibility index (Phi) is 11.8. The van der Waals surface area contributed by atoms with Crippen molar-refractivity contribution < 1.29 is 29.1 Å². The molecular formula is C15H27N5O6S. The molecule has 0 rings (SSSR count). The number of hydrogen-bond acceptors (Lipinski definition) is 7. The van der Waals surface area contributed by atoms with E-state index in [-0.39, 0.29) is 12.8 Å². The number of rotatable bonds is 13. The van der Waals surface area contributed by atoms with Crippen LogP contribution in [0.4, 0.5) is 0 Å². The van der Waals surface area contributed by atoms with Crippen molar-refractivity contribution in [1.82, 2.24) is 16.0 Å². The van der Waals surface area contributed by atoms with Crippen molar-refractivity contribution >= 4 is 41.4 Å². The monoisotopic (exact) mass is 405 g/mol. The first-order chi connectivity index (χ1) is 12.6. The average molecular weight is 405 g/mol. The highest BCUT2D eigenvalue weighted by molar-refractivity contribution is 7.98. The van der Waals surface area contributed by atoms with Crippen LogP contribution in [0.3, 0.4) is 0 Å². The fourth-order valence-corrected chi connectivity index (χ4v) is 2.36. The molecule has 27 heavy (non-hydrogen) atoms. The number of aliphatic carboxylic acids is 1. The van der Waals surface area contributed by atoms with Crippen molar-refractivity contribution in [2.75, 3.05) is 18.6 Å². The highest BCUT2D eigenvalue weighted by atomic mass is 32.2. The fraction of sp³-hybridized carbons (Fsp3) is 0.667. The number of thioether (sulfide) groups is 1. The van der Waals surface area contributed by atoms with E-state index in [2.05, 4.69) is 16.0 Å². The normalized spacial score (nSPS) is 13.7. The van der Waals surface area contributed by atoms with Crippen LogP contribution in [0, 0.1) is 0 Å². The Labute approximate surface area is 161 Å². The number of primary amides is 1. The van der Waals surface area contributed by atoms with Crippen molar-refractivity contribution in [3.63, 3.8) is 0 Å². The fourth-order valence-electron chi connectivity index (χ4n) is 1.87. The molecule has 0 aliphatic heterocycles. The summed E-state index contributed by atoms with van der Waals surface area (Å²) in [4.78, 5) is 57.3. The molecule has 0 aromatic carbocycles. The Morgan fingerprint density at radius 1 is 1.07 bits per heavy atom. The SMILES string of the molecule is CSCCC(N)C(=O)NC(C)C(=O)NCC(=O)NC(CCC(N)=O)C(=O)O. The van der Waals surface area contributed by atoms with E-state index in [4.69, 9.17) is 16.6 Å². The van der Waals surface area contributed by atoms with Crippen LogP contribution in [0.15, 0.2) is 0 Å². The van der Waals surface area contributed by atoms with E-state index < -0.39 is 54.3 Å². The maximum absolute atomic E-state index is 11.9. The summed E-state index contributed by atoms with van der Waals surface area (Å²) in [6, 6.07) is -2.96. The third kappa shape index (κ3) is 11.1. The van der Waals surface area contributed by atoms with Crippen molar-refractivity contribution in [2.45, 2.75) is 44.3 Å². The van der Waals surface area contributed by atoms with Crippen LogP contribution < -0.4 is 27.4 Å². The third-order valence-corrected chi connectivity index (χ3v) is 4.10. The lowest BCUT2D eigenvalue weighted by Crippen LogP contribution is -2.52. The van der Waals surface area contributed by atoms with Crippen LogP contribution in [0.5, 0.6) is 0 Å². The maximum Gasteiger partial charge on any atom is 0.326 e. The standard InChI is InChI=1S/C15H27N5O6S/c1-8(19-14(24)9(16)5-6-27-2)13(23)18-7-12(22)20-10(15(25)26)3-4-11(17)21/h8-10H,3-7,16H2,1-2H3,(H2,17,21)(H,18,23)(H,19,24)(H,20,22)(H,25,26). The molecule has 154 valence electrons. The second kappa shape index (κ2) is 12.9. The van der Waals surface area contributed by atoms with Crippen LogP contribution in [0.2, 0.25) is 0 Å².